The molecule has 10 nitrogen and oxygen atoms in total. The van der Waals surface area contributed by atoms with Gasteiger partial charge >= 0.3 is 18.4 Å². The molecule has 6 N–H and O–H groups in total. The van der Waals surface area contributed by atoms with Gasteiger partial charge in [-0.15, -0.1) is 26.3 Å². The lowest BCUT2D eigenvalue weighted by atomic mass is 9.99. The molecule has 4 aromatic rings. The molecule has 0 aliphatic heterocycles. The second-order valence-electron chi connectivity index (χ2n) is 13.2. The quantitative estimate of drug-likeness (QED) is 0.0377. The van der Waals surface area contributed by atoms with E-state index in [2.05, 4.69) is 29.8 Å². The number of benzene rings is 2. The van der Waals surface area contributed by atoms with Gasteiger partial charge in [0.1, 0.15) is 11.4 Å². The highest BCUT2D eigenvalue weighted by Crippen LogP contribution is 2.38. The summed E-state index contributed by atoms with van der Waals surface area (Å²) in [6, 6.07) is 7.19. The second kappa shape index (κ2) is 16.6. The van der Waals surface area contributed by atoms with Crippen LogP contribution in [0.15, 0.2) is 52.4 Å². The molecule has 5 rings (SSSR count). The van der Waals surface area contributed by atoms with Crippen molar-refractivity contribution in [2.45, 2.75) is 90.0 Å². The van der Waals surface area contributed by atoms with Gasteiger partial charge in [-0.1, -0.05) is 19.4 Å². The SMILES string of the molecule is CCCC(NCCCN=C(C)N)c1ccc(-n2cc3cc(-c4cc(CCCC(N)C5CC5)cc(OC(F)(F)F)c4F)[nH]c3nc2=O)cc1OC(F)(F)F. The Morgan fingerprint density at radius 3 is 2.43 bits per heavy atom. The van der Waals surface area contributed by atoms with Crippen LogP contribution in [0.2, 0.25) is 0 Å². The molecular weight excluding hydrogens is 711 g/mol. The lowest BCUT2D eigenvalue weighted by Gasteiger charge is -2.23. The van der Waals surface area contributed by atoms with Gasteiger partial charge in [0.25, 0.3) is 0 Å². The highest BCUT2D eigenvalue weighted by molar-refractivity contribution is 5.83. The molecule has 2 unspecified atom stereocenters. The summed E-state index contributed by atoms with van der Waals surface area (Å²) in [6.45, 7) is 4.42. The summed E-state index contributed by atoms with van der Waals surface area (Å²) >= 11 is 0. The third-order valence-electron chi connectivity index (χ3n) is 8.89. The molecule has 1 saturated carbocycles. The number of hydrogen-bond acceptors (Lipinski definition) is 7. The number of nitrogens with zero attached hydrogens (tertiary/aromatic N) is 3. The molecule has 0 amide bonds. The number of aromatic nitrogens is 3. The minimum atomic E-state index is -5.16. The Morgan fingerprint density at radius 1 is 1.06 bits per heavy atom. The fourth-order valence-electron chi connectivity index (χ4n) is 6.26. The number of hydrogen-bond donors (Lipinski definition) is 4. The van der Waals surface area contributed by atoms with Crippen molar-refractivity contribution in [2.24, 2.45) is 22.4 Å². The molecule has 2 aromatic heterocycles. The standard InChI is InChI=1S/C36H42F7N7O3/c1-3-6-28(47-14-5-13-46-20(2)44)25-12-11-24(18-30(25)52-35(38,39)40)50-19-23-17-29(48-33(23)49-34(50)51)26-15-21(7-4-8-27(45)22-9-10-22)16-31(32(26)37)53-36(41,42)43/h11-12,15-19,22,27-28,47H,3-10,13-14,45H2,1-2H3,(H2,44,46)(H,48,49,51). The number of aromatic amines is 1. The summed E-state index contributed by atoms with van der Waals surface area (Å²) in [7, 11) is 0. The van der Waals surface area contributed by atoms with E-state index in [1.54, 1.807) is 6.92 Å². The number of rotatable bonds is 17. The molecule has 1 aliphatic carbocycles. The lowest BCUT2D eigenvalue weighted by molar-refractivity contribution is -0.276. The first kappa shape index (κ1) is 39.6. The molecule has 2 aromatic carbocycles. The number of aliphatic imine (C=N–C) groups is 1. The summed E-state index contributed by atoms with van der Waals surface area (Å²) in [5, 5.41) is 3.47. The normalized spacial score (nSPS) is 15.2. The first-order chi connectivity index (χ1) is 25.0. The molecule has 2 heterocycles. The van der Waals surface area contributed by atoms with Gasteiger partial charge in [0.2, 0.25) is 0 Å². The maximum absolute atomic E-state index is 15.6. The largest absolute Gasteiger partial charge is 0.573 e. The number of nitrogens with two attached hydrogens (primary N) is 2. The third-order valence-corrected chi connectivity index (χ3v) is 8.89. The van der Waals surface area contributed by atoms with Crippen LogP contribution in [0.3, 0.4) is 0 Å². The molecule has 2 atom stereocenters. The van der Waals surface area contributed by atoms with Gasteiger partial charge in [-0.3, -0.25) is 9.56 Å². The zero-order chi connectivity index (χ0) is 38.5. The zero-order valence-corrected chi connectivity index (χ0v) is 29.2. The summed E-state index contributed by atoms with van der Waals surface area (Å²) in [4.78, 5) is 24.1. The summed E-state index contributed by atoms with van der Waals surface area (Å²) < 4.78 is 106. The van der Waals surface area contributed by atoms with E-state index in [0.717, 1.165) is 29.5 Å². The minimum absolute atomic E-state index is 0.00273. The average molecular weight is 754 g/mol. The van der Waals surface area contributed by atoms with Crippen LogP contribution in [0, 0.1) is 11.7 Å². The van der Waals surface area contributed by atoms with Gasteiger partial charge in [0.05, 0.1) is 17.2 Å². The van der Waals surface area contributed by atoms with E-state index in [4.69, 9.17) is 11.5 Å². The molecule has 0 spiro atoms. The highest BCUT2D eigenvalue weighted by atomic mass is 19.4. The Bertz CT molecular complexity index is 1970. The van der Waals surface area contributed by atoms with Crippen molar-refractivity contribution in [2.75, 3.05) is 13.1 Å². The Balaban J connectivity index is 1.48. The molecule has 0 radical (unpaired) electrons. The average Bonchev–Trinajstić information content (AvgIpc) is 3.83. The number of nitrogens with one attached hydrogen (secondary N) is 2. The number of H-pyrrole nitrogens is 1. The lowest BCUT2D eigenvalue weighted by Crippen LogP contribution is -2.26. The molecule has 53 heavy (non-hydrogen) atoms. The van der Waals surface area contributed by atoms with E-state index >= 15 is 4.39 Å². The Kier molecular flexibility index (Phi) is 12.4. The Morgan fingerprint density at radius 2 is 1.77 bits per heavy atom. The first-order valence-corrected chi connectivity index (χ1v) is 17.4. The van der Waals surface area contributed by atoms with Gasteiger partial charge in [-0.25, -0.2) is 9.18 Å². The molecular formula is C36H42F7N7O3. The van der Waals surface area contributed by atoms with Crippen LogP contribution < -0.4 is 31.9 Å². The van der Waals surface area contributed by atoms with E-state index in [9.17, 15) is 31.1 Å². The predicted molar refractivity (Wildman–Crippen MR) is 187 cm³/mol. The fraction of sp³-hybridized carbons (Fsp3) is 0.472. The van der Waals surface area contributed by atoms with Crippen molar-refractivity contribution in [1.82, 2.24) is 19.9 Å². The number of alkyl halides is 6. The van der Waals surface area contributed by atoms with E-state index in [1.165, 1.54) is 30.5 Å². The second-order valence-corrected chi connectivity index (χ2v) is 13.2. The van der Waals surface area contributed by atoms with E-state index in [1.807, 2.05) is 6.92 Å². The van der Waals surface area contributed by atoms with Gasteiger partial charge in [-0.2, -0.15) is 4.98 Å². The van der Waals surface area contributed by atoms with Crippen molar-refractivity contribution >= 4 is 16.9 Å². The van der Waals surface area contributed by atoms with Gasteiger partial charge < -0.3 is 31.2 Å². The van der Waals surface area contributed by atoms with Crippen LogP contribution in [0.1, 0.15) is 76.0 Å². The molecule has 0 saturated heterocycles. The van der Waals surface area contributed by atoms with Crippen LogP contribution in [0.25, 0.3) is 28.0 Å². The van der Waals surface area contributed by atoms with Gasteiger partial charge in [0, 0.05) is 47.4 Å². The van der Waals surface area contributed by atoms with Gasteiger partial charge in [-0.05, 0) is 94.2 Å². The fourth-order valence-corrected chi connectivity index (χ4v) is 6.26. The predicted octanol–water partition coefficient (Wildman–Crippen LogP) is 7.58. The molecule has 17 heteroatoms. The van der Waals surface area contributed by atoms with E-state index in [-0.39, 0.29) is 39.6 Å². The monoisotopic (exact) mass is 753 g/mol. The van der Waals surface area contributed by atoms with E-state index in [0.29, 0.717) is 68.9 Å². The van der Waals surface area contributed by atoms with E-state index < -0.39 is 41.8 Å². The molecule has 288 valence electrons. The number of ether oxygens (including phenoxy) is 2. The van der Waals surface area contributed by atoms with Crippen LogP contribution in [-0.4, -0.2) is 52.2 Å². The van der Waals surface area contributed by atoms with Crippen molar-refractivity contribution < 1.29 is 40.2 Å². The molecule has 1 fully saturated rings. The smallest absolute Gasteiger partial charge is 0.405 e. The zero-order valence-electron chi connectivity index (χ0n) is 29.2. The Labute approximate surface area is 300 Å². The van der Waals surface area contributed by atoms with Crippen LogP contribution >= 0.6 is 0 Å². The van der Waals surface area contributed by atoms with Crippen molar-refractivity contribution in [3.8, 4) is 28.4 Å². The van der Waals surface area contributed by atoms with Crippen LogP contribution in [-0.2, 0) is 6.42 Å². The highest BCUT2D eigenvalue weighted by Gasteiger charge is 2.35. The molecule has 0 bridgehead atoms. The molecule has 1 aliphatic rings. The van der Waals surface area contributed by atoms with Gasteiger partial charge in [0.15, 0.2) is 11.6 Å². The summed E-state index contributed by atoms with van der Waals surface area (Å²) in [5.74, 6) is -1.96. The van der Waals surface area contributed by atoms with Crippen LogP contribution in [0.4, 0.5) is 30.7 Å². The number of fused-ring (bicyclic) bond motifs is 1. The minimum Gasteiger partial charge on any atom is -0.405 e. The maximum Gasteiger partial charge on any atom is 0.573 e. The number of halogens is 7. The van der Waals surface area contributed by atoms with Crippen molar-refractivity contribution in [3.05, 3.63) is 70.0 Å². The third kappa shape index (κ3) is 10.9. The summed E-state index contributed by atoms with van der Waals surface area (Å²) in [6.07, 6.45) is -3.62. The van der Waals surface area contributed by atoms with Crippen molar-refractivity contribution in [1.29, 1.82) is 0 Å². The Hall–Kier alpha value is -4.64. The summed E-state index contributed by atoms with van der Waals surface area (Å²) in [5.41, 5.74) is 11.2. The maximum atomic E-state index is 15.6. The number of aryl methyl sites for hydroxylation is 1. The number of amidine groups is 1. The van der Waals surface area contributed by atoms with Crippen LogP contribution in [0.5, 0.6) is 11.5 Å². The van der Waals surface area contributed by atoms with Crippen molar-refractivity contribution in [3.63, 3.8) is 0 Å². The first-order valence-electron chi connectivity index (χ1n) is 17.4. The topological polar surface area (TPSA) is 146 Å².